The molecule has 1 saturated heterocycles. The maximum atomic E-state index is 13.2. The Morgan fingerprint density at radius 3 is 2.41 bits per heavy atom. The van der Waals surface area contributed by atoms with Gasteiger partial charge >= 0.3 is 0 Å². The van der Waals surface area contributed by atoms with Crippen LogP contribution in [-0.2, 0) is 11.2 Å². The Morgan fingerprint density at radius 2 is 1.74 bits per heavy atom. The number of nitrogens with zero attached hydrogens (tertiary/aromatic N) is 1. The van der Waals surface area contributed by atoms with E-state index >= 15 is 0 Å². The largest absolute Gasteiger partial charge is 0.496 e. The highest BCUT2D eigenvalue weighted by molar-refractivity contribution is 5.85. The van der Waals surface area contributed by atoms with E-state index < -0.39 is 5.41 Å². The molecule has 2 aromatic rings. The van der Waals surface area contributed by atoms with E-state index in [1.54, 1.807) is 7.11 Å². The van der Waals surface area contributed by atoms with Crippen LogP contribution in [0.15, 0.2) is 54.6 Å². The molecule has 146 valence electrons. The number of hydrogen-bond acceptors (Lipinski definition) is 3. The van der Waals surface area contributed by atoms with E-state index in [-0.39, 0.29) is 30.3 Å². The molecule has 2 aromatic carbocycles. The lowest BCUT2D eigenvalue weighted by molar-refractivity contribution is -0.139. The first kappa shape index (κ1) is 21.3. The molecule has 4 nitrogen and oxygen atoms in total. The molecule has 1 fully saturated rings. The molecule has 3 rings (SSSR count). The van der Waals surface area contributed by atoms with Crippen molar-refractivity contribution >= 4 is 18.3 Å². The van der Waals surface area contributed by atoms with Crippen molar-refractivity contribution in [1.82, 2.24) is 4.90 Å². The van der Waals surface area contributed by atoms with Crippen LogP contribution in [0.3, 0.4) is 0 Å². The molecular formula is C22H29ClN2O2. The van der Waals surface area contributed by atoms with Crippen molar-refractivity contribution in [2.45, 2.75) is 32.2 Å². The van der Waals surface area contributed by atoms with E-state index in [4.69, 9.17) is 10.5 Å². The van der Waals surface area contributed by atoms with Gasteiger partial charge in [0, 0.05) is 30.5 Å². The average molecular weight is 389 g/mol. The second-order valence-corrected chi connectivity index (χ2v) is 7.76. The Morgan fingerprint density at radius 1 is 1.11 bits per heavy atom. The van der Waals surface area contributed by atoms with Gasteiger partial charge in [-0.3, -0.25) is 4.79 Å². The summed E-state index contributed by atoms with van der Waals surface area (Å²) in [5.41, 5.74) is 8.11. The van der Waals surface area contributed by atoms with Gasteiger partial charge in [-0.1, -0.05) is 62.4 Å². The summed E-state index contributed by atoms with van der Waals surface area (Å²) in [6, 6.07) is 18.1. The number of rotatable bonds is 5. The molecule has 5 heteroatoms. The Kier molecular flexibility index (Phi) is 6.90. The maximum Gasteiger partial charge on any atom is 0.228 e. The minimum atomic E-state index is -0.514. The van der Waals surface area contributed by atoms with E-state index in [0.29, 0.717) is 19.5 Å². The normalized spacial score (nSPS) is 19.5. The summed E-state index contributed by atoms with van der Waals surface area (Å²) in [5.74, 6) is 1.17. The minimum Gasteiger partial charge on any atom is -0.496 e. The number of benzene rings is 2. The first-order chi connectivity index (χ1) is 12.4. The summed E-state index contributed by atoms with van der Waals surface area (Å²) in [4.78, 5) is 15.2. The number of halogens is 1. The summed E-state index contributed by atoms with van der Waals surface area (Å²) in [5, 5.41) is 0. The number of methoxy groups -OCH3 is 1. The highest BCUT2D eigenvalue weighted by Crippen LogP contribution is 2.33. The van der Waals surface area contributed by atoms with Crippen LogP contribution in [0, 0.1) is 5.41 Å². The molecule has 1 aliphatic rings. The first-order valence-electron chi connectivity index (χ1n) is 9.14. The number of ether oxygens (including phenoxy) is 1. The standard InChI is InChI=1S/C22H28N2O2.ClH/c1-22(2,13-17-11-7-8-12-20(17)26-3)21(25)24-14-18(19(23)15-24)16-9-5-4-6-10-16;/h4-12,18-19H,13-15,23H2,1-3H3;1H/t18-,19+;/m0./s1. The van der Waals surface area contributed by atoms with Crippen molar-refractivity contribution in [2.24, 2.45) is 11.1 Å². The van der Waals surface area contributed by atoms with Crippen molar-refractivity contribution in [3.05, 3.63) is 65.7 Å². The van der Waals surface area contributed by atoms with Gasteiger partial charge in [-0.2, -0.15) is 0 Å². The molecule has 0 saturated carbocycles. The molecule has 0 aromatic heterocycles. The van der Waals surface area contributed by atoms with Crippen LogP contribution in [0.1, 0.15) is 30.9 Å². The lowest BCUT2D eigenvalue weighted by atomic mass is 9.84. The highest BCUT2D eigenvalue weighted by Gasteiger charge is 2.39. The molecule has 0 spiro atoms. The smallest absolute Gasteiger partial charge is 0.228 e. The number of likely N-dealkylation sites (tertiary alicyclic amines) is 1. The predicted octanol–water partition coefficient (Wildman–Crippen LogP) is 3.64. The summed E-state index contributed by atoms with van der Waals surface area (Å²) in [7, 11) is 1.66. The van der Waals surface area contributed by atoms with Gasteiger partial charge in [-0.15, -0.1) is 12.4 Å². The molecule has 0 aliphatic carbocycles. The van der Waals surface area contributed by atoms with Crippen molar-refractivity contribution in [1.29, 1.82) is 0 Å². The molecule has 2 atom stereocenters. The van der Waals surface area contributed by atoms with Crippen LogP contribution in [0.4, 0.5) is 0 Å². The van der Waals surface area contributed by atoms with Gasteiger partial charge in [0.15, 0.2) is 0 Å². The van der Waals surface area contributed by atoms with Crippen molar-refractivity contribution in [2.75, 3.05) is 20.2 Å². The maximum absolute atomic E-state index is 13.2. The lowest BCUT2D eigenvalue weighted by Crippen LogP contribution is -2.41. The summed E-state index contributed by atoms with van der Waals surface area (Å²) >= 11 is 0. The number of nitrogens with two attached hydrogens (primary N) is 1. The molecule has 0 bridgehead atoms. The average Bonchev–Trinajstić information content (AvgIpc) is 3.03. The Hall–Kier alpha value is -2.04. The number of amides is 1. The molecule has 27 heavy (non-hydrogen) atoms. The molecule has 1 amide bonds. The van der Waals surface area contributed by atoms with Gasteiger partial charge in [0.2, 0.25) is 5.91 Å². The number of hydrogen-bond donors (Lipinski definition) is 1. The summed E-state index contributed by atoms with van der Waals surface area (Å²) in [6.07, 6.45) is 0.636. The van der Waals surface area contributed by atoms with Crippen LogP contribution < -0.4 is 10.5 Å². The monoisotopic (exact) mass is 388 g/mol. The first-order valence-corrected chi connectivity index (χ1v) is 9.14. The van der Waals surface area contributed by atoms with Crippen molar-refractivity contribution < 1.29 is 9.53 Å². The molecule has 2 N–H and O–H groups in total. The number of carbonyl (C=O) groups excluding carboxylic acids is 1. The third kappa shape index (κ3) is 4.63. The molecule has 1 heterocycles. The van der Waals surface area contributed by atoms with E-state index in [1.807, 2.05) is 61.2 Å². The lowest BCUT2D eigenvalue weighted by Gasteiger charge is -2.30. The second kappa shape index (κ2) is 8.77. The molecule has 1 aliphatic heterocycles. The number of carbonyl (C=O) groups is 1. The van der Waals surface area contributed by atoms with Crippen LogP contribution in [0.25, 0.3) is 0 Å². The Bertz CT molecular complexity index is 764. The third-order valence-corrected chi connectivity index (χ3v) is 5.28. The fraction of sp³-hybridized carbons (Fsp3) is 0.409. The fourth-order valence-electron chi connectivity index (χ4n) is 3.88. The quantitative estimate of drug-likeness (QED) is 0.850. The SMILES string of the molecule is COc1ccccc1CC(C)(C)C(=O)N1C[C@@H](N)[C@H](c2ccccc2)C1.Cl. The molecule has 0 unspecified atom stereocenters. The van der Waals surface area contributed by atoms with E-state index in [0.717, 1.165) is 11.3 Å². The van der Waals surface area contributed by atoms with Crippen LogP contribution in [0.2, 0.25) is 0 Å². The van der Waals surface area contributed by atoms with Crippen LogP contribution in [0.5, 0.6) is 5.75 Å². The predicted molar refractivity (Wildman–Crippen MR) is 111 cm³/mol. The van der Waals surface area contributed by atoms with Gasteiger partial charge < -0.3 is 15.4 Å². The van der Waals surface area contributed by atoms with E-state index in [2.05, 4.69) is 12.1 Å². The molecule has 0 radical (unpaired) electrons. The third-order valence-electron chi connectivity index (χ3n) is 5.28. The summed E-state index contributed by atoms with van der Waals surface area (Å²) < 4.78 is 5.44. The van der Waals surface area contributed by atoms with Crippen LogP contribution in [-0.4, -0.2) is 37.0 Å². The summed E-state index contributed by atoms with van der Waals surface area (Å²) in [6.45, 7) is 5.29. The molecular weight excluding hydrogens is 360 g/mol. The van der Waals surface area contributed by atoms with Crippen molar-refractivity contribution in [3.8, 4) is 5.75 Å². The van der Waals surface area contributed by atoms with Gasteiger partial charge in [0.25, 0.3) is 0 Å². The zero-order chi connectivity index (χ0) is 18.7. The van der Waals surface area contributed by atoms with Crippen molar-refractivity contribution in [3.63, 3.8) is 0 Å². The van der Waals surface area contributed by atoms with Crippen LogP contribution >= 0.6 is 12.4 Å². The fourth-order valence-corrected chi connectivity index (χ4v) is 3.88. The number of para-hydroxylation sites is 1. The van der Waals surface area contributed by atoms with Gasteiger partial charge in [0.1, 0.15) is 5.75 Å². The van der Waals surface area contributed by atoms with Gasteiger partial charge in [-0.05, 0) is 23.6 Å². The second-order valence-electron chi connectivity index (χ2n) is 7.76. The minimum absolute atomic E-state index is 0. The van der Waals surface area contributed by atoms with E-state index in [9.17, 15) is 4.79 Å². The zero-order valence-electron chi connectivity index (χ0n) is 16.2. The highest BCUT2D eigenvalue weighted by atomic mass is 35.5. The van der Waals surface area contributed by atoms with Gasteiger partial charge in [-0.25, -0.2) is 0 Å². The zero-order valence-corrected chi connectivity index (χ0v) is 17.0. The topological polar surface area (TPSA) is 55.6 Å². The Balaban J connectivity index is 0.00000261. The van der Waals surface area contributed by atoms with E-state index in [1.165, 1.54) is 5.56 Å². The Labute approximate surface area is 168 Å². The van der Waals surface area contributed by atoms with Gasteiger partial charge in [0.05, 0.1) is 7.11 Å².